The van der Waals surface area contributed by atoms with E-state index in [0.717, 1.165) is 17.1 Å². The molecule has 2 rings (SSSR count). The molecule has 1 aliphatic rings. The molecule has 0 aromatic heterocycles. The maximum absolute atomic E-state index is 12.4. The minimum Gasteiger partial charge on any atom is -0.493 e. The summed E-state index contributed by atoms with van der Waals surface area (Å²) in [7, 11) is 3.11. The summed E-state index contributed by atoms with van der Waals surface area (Å²) < 4.78 is 16.2. The Bertz CT molecular complexity index is 499. The van der Waals surface area contributed by atoms with Crippen LogP contribution in [0.2, 0.25) is 0 Å². The fourth-order valence-electron chi connectivity index (χ4n) is 2.22. The summed E-state index contributed by atoms with van der Waals surface area (Å²) in [6.45, 7) is 2.14. The predicted octanol–water partition coefficient (Wildman–Crippen LogP) is 3.75. The Morgan fingerprint density at radius 1 is 1.24 bits per heavy atom. The van der Waals surface area contributed by atoms with Gasteiger partial charge in [0, 0.05) is 0 Å². The molecule has 0 aliphatic carbocycles. The Labute approximate surface area is 133 Å². The smallest absolute Gasteiger partial charge is 0.342 e. The lowest BCUT2D eigenvalue weighted by Gasteiger charge is -2.24. The molecule has 1 aromatic rings. The molecule has 6 heteroatoms. The van der Waals surface area contributed by atoms with Crippen molar-refractivity contribution in [2.24, 2.45) is 0 Å². The van der Waals surface area contributed by atoms with Crippen LogP contribution in [0.1, 0.15) is 33.8 Å². The maximum atomic E-state index is 12.4. The van der Waals surface area contributed by atoms with Crippen LogP contribution in [0.5, 0.6) is 11.5 Å². The van der Waals surface area contributed by atoms with Gasteiger partial charge in [0.25, 0.3) is 0 Å². The highest BCUT2D eigenvalue weighted by atomic mass is 32.2. The standard InChI is InChI=1S/C15H20O4S2/c1-4-19-14(16)12-10(15-20-8-5-9-21-15)6-7-11(17-2)13(12)18-3/h6-7,15H,4-5,8-9H2,1-3H3. The molecule has 1 fully saturated rings. The summed E-state index contributed by atoms with van der Waals surface area (Å²) in [5.74, 6) is 2.87. The number of esters is 1. The molecule has 0 saturated carbocycles. The van der Waals surface area contributed by atoms with Crippen LogP contribution < -0.4 is 9.47 Å². The van der Waals surface area contributed by atoms with Crippen molar-refractivity contribution in [1.82, 2.24) is 0 Å². The highest BCUT2D eigenvalue weighted by Gasteiger charge is 2.28. The number of rotatable bonds is 5. The molecule has 0 bridgehead atoms. The topological polar surface area (TPSA) is 44.8 Å². The summed E-state index contributed by atoms with van der Waals surface area (Å²) in [4.78, 5) is 12.4. The first-order chi connectivity index (χ1) is 10.2. The second-order valence-corrected chi connectivity index (χ2v) is 7.14. The molecular weight excluding hydrogens is 308 g/mol. The van der Waals surface area contributed by atoms with E-state index >= 15 is 0 Å². The van der Waals surface area contributed by atoms with Gasteiger partial charge in [0.1, 0.15) is 5.56 Å². The van der Waals surface area contributed by atoms with Crippen LogP contribution in [0.25, 0.3) is 0 Å². The molecule has 0 spiro atoms. The third-order valence-electron chi connectivity index (χ3n) is 3.14. The van der Waals surface area contributed by atoms with Crippen LogP contribution in [0.4, 0.5) is 0 Å². The zero-order valence-corrected chi connectivity index (χ0v) is 14.1. The van der Waals surface area contributed by atoms with Crippen LogP contribution >= 0.6 is 23.5 Å². The second-order valence-electron chi connectivity index (χ2n) is 4.41. The Kier molecular flexibility index (Phi) is 6.11. The molecule has 1 aliphatic heterocycles. The van der Waals surface area contributed by atoms with Gasteiger partial charge in [-0.05, 0) is 36.5 Å². The van der Waals surface area contributed by atoms with Crippen LogP contribution in [0.3, 0.4) is 0 Å². The lowest BCUT2D eigenvalue weighted by atomic mass is 10.1. The molecule has 1 aromatic carbocycles. The third-order valence-corrected chi connectivity index (χ3v) is 6.12. The number of methoxy groups -OCH3 is 2. The highest BCUT2D eigenvalue weighted by Crippen LogP contribution is 2.48. The van der Waals surface area contributed by atoms with Gasteiger partial charge in [-0.3, -0.25) is 0 Å². The van der Waals surface area contributed by atoms with Gasteiger partial charge in [0.05, 0.1) is 25.4 Å². The van der Waals surface area contributed by atoms with Crippen LogP contribution in [-0.2, 0) is 4.74 Å². The number of hydrogen-bond acceptors (Lipinski definition) is 6. The molecular formula is C15H20O4S2. The Balaban J connectivity index is 2.49. The molecule has 1 saturated heterocycles. The average molecular weight is 328 g/mol. The second kappa shape index (κ2) is 7.84. The number of carbonyl (C=O) groups excluding carboxylic acids is 1. The van der Waals surface area contributed by atoms with E-state index in [-0.39, 0.29) is 10.6 Å². The van der Waals surface area contributed by atoms with Gasteiger partial charge in [-0.1, -0.05) is 6.07 Å². The Hall–Kier alpha value is -1.01. The molecule has 0 N–H and O–H groups in total. The van der Waals surface area contributed by atoms with Crippen LogP contribution in [0, 0.1) is 0 Å². The van der Waals surface area contributed by atoms with Crippen molar-refractivity contribution in [2.75, 3.05) is 32.3 Å². The minimum atomic E-state index is -0.352. The lowest BCUT2D eigenvalue weighted by Crippen LogP contribution is -2.13. The van der Waals surface area contributed by atoms with Crippen LogP contribution in [-0.4, -0.2) is 38.3 Å². The van der Waals surface area contributed by atoms with E-state index in [2.05, 4.69) is 0 Å². The van der Waals surface area contributed by atoms with E-state index in [0.29, 0.717) is 23.7 Å². The average Bonchev–Trinajstić information content (AvgIpc) is 2.54. The zero-order chi connectivity index (χ0) is 15.2. The van der Waals surface area contributed by atoms with Gasteiger partial charge in [0.15, 0.2) is 11.5 Å². The molecule has 116 valence electrons. The van der Waals surface area contributed by atoms with E-state index in [4.69, 9.17) is 14.2 Å². The van der Waals surface area contributed by atoms with Crippen molar-refractivity contribution in [3.05, 3.63) is 23.3 Å². The summed E-state index contributed by atoms with van der Waals surface area (Å²) in [6, 6.07) is 3.80. The first-order valence-electron chi connectivity index (χ1n) is 6.88. The maximum Gasteiger partial charge on any atom is 0.342 e. The van der Waals surface area contributed by atoms with Gasteiger partial charge in [0.2, 0.25) is 0 Å². The summed E-state index contributed by atoms with van der Waals surface area (Å²) in [5.41, 5.74) is 1.45. The highest BCUT2D eigenvalue weighted by molar-refractivity contribution is 8.16. The summed E-state index contributed by atoms with van der Waals surface area (Å²) in [5, 5.41) is 0. The van der Waals surface area contributed by atoms with E-state index in [9.17, 15) is 4.79 Å². The molecule has 0 atom stereocenters. The quantitative estimate of drug-likeness (QED) is 0.767. The van der Waals surface area contributed by atoms with E-state index < -0.39 is 0 Å². The molecule has 0 radical (unpaired) electrons. The number of hydrogen-bond donors (Lipinski definition) is 0. The third kappa shape index (κ3) is 3.61. The Morgan fingerprint density at radius 3 is 2.52 bits per heavy atom. The fourth-order valence-corrected chi connectivity index (χ4v) is 5.17. The van der Waals surface area contributed by atoms with E-state index in [1.54, 1.807) is 21.1 Å². The molecule has 0 unspecified atom stereocenters. The van der Waals surface area contributed by atoms with Gasteiger partial charge in [-0.2, -0.15) is 0 Å². The van der Waals surface area contributed by atoms with Crippen molar-refractivity contribution < 1.29 is 19.0 Å². The zero-order valence-electron chi connectivity index (χ0n) is 12.5. The normalized spacial score (nSPS) is 15.6. The monoisotopic (exact) mass is 328 g/mol. The Morgan fingerprint density at radius 2 is 1.95 bits per heavy atom. The van der Waals surface area contributed by atoms with Gasteiger partial charge >= 0.3 is 5.97 Å². The summed E-state index contributed by atoms with van der Waals surface area (Å²) in [6.07, 6.45) is 1.20. The van der Waals surface area contributed by atoms with Crippen molar-refractivity contribution >= 4 is 29.5 Å². The fraction of sp³-hybridized carbons (Fsp3) is 0.533. The van der Waals surface area contributed by atoms with Gasteiger partial charge in [-0.25, -0.2) is 4.79 Å². The predicted molar refractivity (Wildman–Crippen MR) is 87.8 cm³/mol. The van der Waals surface area contributed by atoms with Crippen molar-refractivity contribution in [1.29, 1.82) is 0 Å². The number of benzene rings is 1. The first kappa shape index (κ1) is 16.4. The van der Waals surface area contributed by atoms with Gasteiger partial charge in [-0.15, -0.1) is 23.5 Å². The molecule has 0 amide bonds. The van der Waals surface area contributed by atoms with Gasteiger partial charge < -0.3 is 14.2 Å². The largest absolute Gasteiger partial charge is 0.493 e. The minimum absolute atomic E-state index is 0.234. The van der Waals surface area contributed by atoms with E-state index in [1.807, 2.05) is 35.7 Å². The molecule has 4 nitrogen and oxygen atoms in total. The van der Waals surface area contributed by atoms with Crippen molar-refractivity contribution in [3.8, 4) is 11.5 Å². The van der Waals surface area contributed by atoms with Crippen LogP contribution in [0.15, 0.2) is 12.1 Å². The van der Waals surface area contributed by atoms with Crippen molar-refractivity contribution in [3.63, 3.8) is 0 Å². The molecule has 21 heavy (non-hydrogen) atoms. The first-order valence-corrected chi connectivity index (χ1v) is 8.97. The lowest BCUT2D eigenvalue weighted by molar-refractivity contribution is 0.0521. The summed E-state index contributed by atoms with van der Waals surface area (Å²) >= 11 is 3.71. The SMILES string of the molecule is CCOC(=O)c1c(C2SCCCS2)ccc(OC)c1OC. The van der Waals surface area contributed by atoms with Crippen molar-refractivity contribution in [2.45, 2.75) is 17.9 Å². The number of ether oxygens (including phenoxy) is 3. The van der Waals surface area contributed by atoms with E-state index in [1.165, 1.54) is 6.42 Å². The number of carbonyl (C=O) groups is 1. The number of thioether (sulfide) groups is 2. The molecule has 1 heterocycles.